The Kier molecular flexibility index (Phi) is 3.55. The Labute approximate surface area is 112 Å². The lowest BCUT2D eigenvalue weighted by Crippen LogP contribution is -2.47. The minimum absolute atomic E-state index is 0.124. The second kappa shape index (κ2) is 4.68. The summed E-state index contributed by atoms with van der Waals surface area (Å²) in [4.78, 5) is -0.870. The van der Waals surface area contributed by atoms with Crippen LogP contribution in [0.15, 0.2) is 23.1 Å². The van der Waals surface area contributed by atoms with E-state index in [9.17, 15) is 26.0 Å². The van der Waals surface area contributed by atoms with Gasteiger partial charge in [-0.25, -0.2) is 12.8 Å². The summed E-state index contributed by atoms with van der Waals surface area (Å²) in [6.07, 6.45) is -5.46. The predicted molar refractivity (Wildman–Crippen MR) is 60.7 cm³/mol. The predicted octanol–water partition coefficient (Wildman–Crippen LogP) is 1.69. The number of aliphatic hydroxyl groups is 1. The number of aliphatic hydroxyl groups excluding tert-OH is 1. The molecule has 1 aliphatic rings. The van der Waals surface area contributed by atoms with E-state index in [0.717, 1.165) is 18.2 Å². The summed E-state index contributed by atoms with van der Waals surface area (Å²) in [5.74, 6) is -1.21. The summed E-state index contributed by atoms with van der Waals surface area (Å²) in [6.45, 7) is -0.503. The highest BCUT2D eigenvalue weighted by Gasteiger charge is 2.65. The molecule has 1 aliphatic carbocycles. The zero-order valence-corrected chi connectivity index (χ0v) is 10.9. The number of hydrogen-bond acceptors (Lipinski definition) is 3. The van der Waals surface area contributed by atoms with Crippen LogP contribution in [0, 0.1) is 5.82 Å². The topological polar surface area (TPSA) is 66.4 Å². The second-order valence-electron chi connectivity index (χ2n) is 4.61. The molecular formula is C11H11F4NO3S. The SMILES string of the molecule is O=S(=O)(NC1(C(F)(F)F)CC1)c1ccc(CO)cc1F. The first kappa shape index (κ1) is 15.2. The molecule has 0 heterocycles. The van der Waals surface area contributed by atoms with Crippen LogP contribution in [0.25, 0.3) is 0 Å². The van der Waals surface area contributed by atoms with E-state index in [1.807, 2.05) is 0 Å². The maximum absolute atomic E-state index is 13.6. The molecule has 4 nitrogen and oxygen atoms in total. The molecule has 0 radical (unpaired) electrons. The number of hydrogen-bond donors (Lipinski definition) is 2. The first-order valence-corrected chi connectivity index (χ1v) is 7.10. The Balaban J connectivity index is 2.33. The van der Waals surface area contributed by atoms with Gasteiger partial charge in [0, 0.05) is 0 Å². The van der Waals surface area contributed by atoms with E-state index in [-0.39, 0.29) is 18.4 Å². The largest absolute Gasteiger partial charge is 0.407 e. The maximum atomic E-state index is 13.6. The van der Waals surface area contributed by atoms with Gasteiger partial charge in [-0.1, -0.05) is 6.07 Å². The number of halogens is 4. The molecule has 9 heteroatoms. The van der Waals surface area contributed by atoms with Gasteiger partial charge in [-0.2, -0.15) is 17.9 Å². The van der Waals surface area contributed by atoms with Crippen molar-refractivity contribution in [1.29, 1.82) is 0 Å². The summed E-state index contributed by atoms with van der Waals surface area (Å²) < 4.78 is 76.9. The van der Waals surface area contributed by atoms with Gasteiger partial charge in [0.1, 0.15) is 16.3 Å². The third-order valence-corrected chi connectivity index (χ3v) is 4.66. The van der Waals surface area contributed by atoms with Crippen molar-refractivity contribution < 1.29 is 31.1 Å². The molecule has 1 saturated carbocycles. The second-order valence-corrected chi connectivity index (χ2v) is 6.26. The molecule has 20 heavy (non-hydrogen) atoms. The molecule has 0 atom stereocenters. The van der Waals surface area contributed by atoms with Crippen LogP contribution < -0.4 is 4.72 Å². The molecule has 0 aromatic heterocycles. The Morgan fingerprint density at radius 3 is 2.30 bits per heavy atom. The number of benzene rings is 1. The molecule has 0 bridgehead atoms. The summed E-state index contributed by atoms with van der Waals surface area (Å²) in [5, 5.41) is 8.78. The zero-order valence-electron chi connectivity index (χ0n) is 10.0. The standard InChI is InChI=1S/C11H11F4NO3S/c12-8-5-7(6-17)1-2-9(8)20(18,19)16-10(3-4-10)11(13,14)15/h1-2,5,16-17H,3-4,6H2. The van der Waals surface area contributed by atoms with Crippen molar-refractivity contribution in [3.8, 4) is 0 Å². The molecule has 1 aromatic carbocycles. The van der Waals surface area contributed by atoms with Crippen LogP contribution in [0.4, 0.5) is 17.6 Å². The number of rotatable bonds is 4. The van der Waals surface area contributed by atoms with E-state index < -0.39 is 39.1 Å². The maximum Gasteiger partial charge on any atom is 0.407 e. The molecule has 1 fully saturated rings. The van der Waals surface area contributed by atoms with Gasteiger partial charge in [0.25, 0.3) is 0 Å². The minimum Gasteiger partial charge on any atom is -0.392 e. The van der Waals surface area contributed by atoms with Crippen molar-refractivity contribution in [2.75, 3.05) is 0 Å². The Morgan fingerprint density at radius 2 is 1.90 bits per heavy atom. The van der Waals surface area contributed by atoms with E-state index in [2.05, 4.69) is 0 Å². The van der Waals surface area contributed by atoms with E-state index in [0.29, 0.717) is 0 Å². The van der Waals surface area contributed by atoms with Crippen LogP contribution in [0.5, 0.6) is 0 Å². The lowest BCUT2D eigenvalue weighted by Gasteiger charge is -2.20. The fraction of sp³-hybridized carbons (Fsp3) is 0.455. The van der Waals surface area contributed by atoms with Gasteiger partial charge in [-0.3, -0.25) is 0 Å². The number of sulfonamides is 1. The highest BCUT2D eigenvalue weighted by molar-refractivity contribution is 7.89. The first-order valence-electron chi connectivity index (χ1n) is 5.61. The third-order valence-electron chi connectivity index (χ3n) is 3.09. The van der Waals surface area contributed by atoms with Crippen molar-refractivity contribution in [2.45, 2.75) is 36.1 Å². The normalized spacial score (nSPS) is 18.1. The lowest BCUT2D eigenvalue weighted by atomic mass is 10.2. The monoisotopic (exact) mass is 313 g/mol. The van der Waals surface area contributed by atoms with E-state index in [4.69, 9.17) is 5.11 Å². The molecule has 112 valence electrons. The third kappa shape index (κ3) is 2.65. The van der Waals surface area contributed by atoms with Gasteiger partial charge in [0.05, 0.1) is 6.61 Å². The van der Waals surface area contributed by atoms with E-state index in [1.54, 1.807) is 0 Å². The molecule has 0 aliphatic heterocycles. The first-order chi connectivity index (χ1) is 9.11. The average molecular weight is 313 g/mol. The van der Waals surface area contributed by atoms with Crippen LogP contribution in [-0.2, 0) is 16.6 Å². The Bertz CT molecular complexity index is 623. The van der Waals surface area contributed by atoms with Crippen LogP contribution in [0.1, 0.15) is 18.4 Å². The van der Waals surface area contributed by atoms with Crippen molar-refractivity contribution in [1.82, 2.24) is 4.72 Å². The quantitative estimate of drug-likeness (QED) is 0.831. The van der Waals surface area contributed by atoms with Gasteiger partial charge in [-0.15, -0.1) is 0 Å². The molecular weight excluding hydrogens is 302 g/mol. The number of nitrogens with one attached hydrogen (secondary N) is 1. The highest BCUT2D eigenvalue weighted by Crippen LogP contribution is 2.49. The van der Waals surface area contributed by atoms with Crippen LogP contribution in [0.3, 0.4) is 0 Å². The molecule has 0 spiro atoms. The molecule has 0 saturated heterocycles. The van der Waals surface area contributed by atoms with Gasteiger partial charge in [0.2, 0.25) is 10.0 Å². The van der Waals surface area contributed by atoms with Crippen LogP contribution >= 0.6 is 0 Å². The lowest BCUT2D eigenvalue weighted by molar-refractivity contribution is -0.160. The van der Waals surface area contributed by atoms with Gasteiger partial charge in [0.15, 0.2) is 0 Å². The minimum atomic E-state index is -4.72. The van der Waals surface area contributed by atoms with E-state index in [1.165, 1.54) is 4.72 Å². The van der Waals surface area contributed by atoms with Gasteiger partial charge >= 0.3 is 6.18 Å². The molecule has 0 unspecified atom stereocenters. The smallest absolute Gasteiger partial charge is 0.392 e. The van der Waals surface area contributed by atoms with Crippen LogP contribution in [0.2, 0.25) is 0 Å². The molecule has 1 aromatic rings. The average Bonchev–Trinajstić information content (AvgIpc) is 3.08. The van der Waals surface area contributed by atoms with Gasteiger partial charge < -0.3 is 5.11 Å². The Hall–Kier alpha value is -1.19. The van der Waals surface area contributed by atoms with Crippen molar-refractivity contribution >= 4 is 10.0 Å². The van der Waals surface area contributed by atoms with Crippen LogP contribution in [-0.4, -0.2) is 25.2 Å². The summed E-state index contributed by atoms with van der Waals surface area (Å²) >= 11 is 0. The number of alkyl halides is 3. The molecule has 0 amide bonds. The van der Waals surface area contributed by atoms with Crippen molar-refractivity contribution in [2.24, 2.45) is 0 Å². The summed E-state index contributed by atoms with van der Waals surface area (Å²) in [7, 11) is -4.62. The fourth-order valence-electron chi connectivity index (χ4n) is 1.74. The van der Waals surface area contributed by atoms with Crippen molar-refractivity contribution in [3.63, 3.8) is 0 Å². The summed E-state index contributed by atoms with van der Waals surface area (Å²) in [5.41, 5.74) is -2.37. The molecule has 2 N–H and O–H groups in total. The van der Waals surface area contributed by atoms with Gasteiger partial charge in [-0.05, 0) is 30.5 Å². The highest BCUT2D eigenvalue weighted by atomic mass is 32.2. The summed E-state index contributed by atoms with van der Waals surface area (Å²) in [6, 6.07) is 2.72. The van der Waals surface area contributed by atoms with E-state index >= 15 is 0 Å². The molecule has 2 rings (SSSR count). The Morgan fingerprint density at radius 1 is 1.30 bits per heavy atom. The fourth-order valence-corrected chi connectivity index (χ4v) is 3.25. The van der Waals surface area contributed by atoms with Crippen molar-refractivity contribution in [3.05, 3.63) is 29.6 Å². The zero-order chi connectivity index (χ0) is 15.2.